The SMILES string of the molecule is CC(C)(C)OC(=C[SiH3])OC(C)(C)C. The highest BCUT2D eigenvalue weighted by atomic mass is 28.1. The van der Waals surface area contributed by atoms with Gasteiger partial charge < -0.3 is 9.47 Å². The lowest BCUT2D eigenvalue weighted by Gasteiger charge is -2.28. The standard InChI is InChI=1S/C10H22O2Si/c1-9(2,3)11-8(7-13)12-10(4,5)6/h7H,1-6,13H3. The molecule has 0 fully saturated rings. The summed E-state index contributed by atoms with van der Waals surface area (Å²) in [6.07, 6.45) is 0. The molecular weight excluding hydrogens is 180 g/mol. The molecule has 78 valence electrons. The maximum atomic E-state index is 5.64. The molecule has 13 heavy (non-hydrogen) atoms. The summed E-state index contributed by atoms with van der Waals surface area (Å²) in [5.74, 6) is 0.659. The summed E-state index contributed by atoms with van der Waals surface area (Å²) in [6, 6.07) is 0. The minimum atomic E-state index is -0.179. The van der Waals surface area contributed by atoms with E-state index in [2.05, 4.69) is 0 Å². The van der Waals surface area contributed by atoms with Crippen LogP contribution in [0.25, 0.3) is 0 Å². The van der Waals surface area contributed by atoms with Crippen molar-refractivity contribution >= 4 is 10.2 Å². The minimum Gasteiger partial charge on any atom is -0.460 e. The molecule has 0 bridgehead atoms. The summed E-state index contributed by atoms with van der Waals surface area (Å²) in [4.78, 5) is 0. The van der Waals surface area contributed by atoms with E-state index < -0.39 is 0 Å². The first-order valence-electron chi connectivity index (χ1n) is 4.68. The van der Waals surface area contributed by atoms with E-state index in [4.69, 9.17) is 9.47 Å². The van der Waals surface area contributed by atoms with Gasteiger partial charge in [0.25, 0.3) is 5.95 Å². The molecule has 0 aliphatic heterocycles. The van der Waals surface area contributed by atoms with Crippen LogP contribution in [0.5, 0.6) is 0 Å². The van der Waals surface area contributed by atoms with Gasteiger partial charge in [-0.3, -0.25) is 0 Å². The van der Waals surface area contributed by atoms with E-state index >= 15 is 0 Å². The zero-order chi connectivity index (χ0) is 10.7. The number of hydrogen-bond donors (Lipinski definition) is 0. The van der Waals surface area contributed by atoms with Crippen LogP contribution in [0.15, 0.2) is 11.6 Å². The van der Waals surface area contributed by atoms with Gasteiger partial charge in [0.05, 0.1) is 0 Å². The van der Waals surface area contributed by atoms with E-state index in [0.29, 0.717) is 5.95 Å². The summed E-state index contributed by atoms with van der Waals surface area (Å²) in [5, 5.41) is 0. The van der Waals surface area contributed by atoms with Crippen LogP contribution in [0.1, 0.15) is 41.5 Å². The summed E-state index contributed by atoms with van der Waals surface area (Å²) < 4.78 is 11.3. The first-order valence-corrected chi connectivity index (χ1v) is 5.84. The van der Waals surface area contributed by atoms with Gasteiger partial charge in [0.1, 0.15) is 11.2 Å². The van der Waals surface area contributed by atoms with Gasteiger partial charge in [-0.25, -0.2) is 0 Å². The van der Waals surface area contributed by atoms with Gasteiger partial charge in [-0.05, 0) is 47.2 Å². The molecule has 0 aromatic rings. The zero-order valence-corrected chi connectivity index (χ0v) is 11.9. The molecule has 0 aromatic heterocycles. The molecule has 0 heterocycles. The lowest BCUT2D eigenvalue weighted by Crippen LogP contribution is -2.25. The highest BCUT2D eigenvalue weighted by molar-refractivity contribution is 6.17. The van der Waals surface area contributed by atoms with Crippen molar-refractivity contribution in [2.75, 3.05) is 0 Å². The van der Waals surface area contributed by atoms with E-state index in [9.17, 15) is 0 Å². The molecule has 0 aliphatic rings. The van der Waals surface area contributed by atoms with Crippen LogP contribution in [0.2, 0.25) is 0 Å². The highest BCUT2D eigenvalue weighted by Crippen LogP contribution is 2.19. The Kier molecular flexibility index (Phi) is 4.04. The molecule has 0 N–H and O–H groups in total. The van der Waals surface area contributed by atoms with Crippen LogP contribution in [0.3, 0.4) is 0 Å². The topological polar surface area (TPSA) is 18.5 Å². The Morgan fingerprint density at radius 2 is 1.23 bits per heavy atom. The fourth-order valence-corrected chi connectivity index (χ4v) is 0.978. The fraction of sp³-hybridized carbons (Fsp3) is 0.800. The molecule has 0 atom stereocenters. The Bertz CT molecular complexity index is 166. The van der Waals surface area contributed by atoms with Gasteiger partial charge in [-0.15, -0.1) is 0 Å². The van der Waals surface area contributed by atoms with E-state index in [1.807, 2.05) is 47.2 Å². The second kappa shape index (κ2) is 4.18. The van der Waals surface area contributed by atoms with Crippen molar-refractivity contribution < 1.29 is 9.47 Å². The maximum absolute atomic E-state index is 5.64. The van der Waals surface area contributed by atoms with Gasteiger partial charge in [0.15, 0.2) is 0 Å². The van der Waals surface area contributed by atoms with Crippen LogP contribution in [0, 0.1) is 0 Å². The van der Waals surface area contributed by atoms with Crippen LogP contribution in [-0.4, -0.2) is 21.4 Å². The van der Waals surface area contributed by atoms with Gasteiger partial charge in [0.2, 0.25) is 0 Å². The Labute approximate surface area is 84.7 Å². The predicted octanol–water partition coefficient (Wildman–Crippen LogP) is 1.78. The molecular formula is C10H22O2Si. The van der Waals surface area contributed by atoms with E-state index in [-0.39, 0.29) is 11.2 Å². The van der Waals surface area contributed by atoms with Gasteiger partial charge in [-0.1, -0.05) is 0 Å². The van der Waals surface area contributed by atoms with Crippen molar-refractivity contribution in [1.82, 2.24) is 0 Å². The van der Waals surface area contributed by atoms with E-state index in [0.717, 1.165) is 10.2 Å². The van der Waals surface area contributed by atoms with E-state index in [1.54, 1.807) is 0 Å². The lowest BCUT2D eigenvalue weighted by atomic mass is 10.2. The third-order valence-corrected chi connectivity index (χ3v) is 1.52. The number of rotatable bonds is 2. The minimum absolute atomic E-state index is 0.179. The summed E-state index contributed by atoms with van der Waals surface area (Å²) in [5.41, 5.74) is 1.62. The summed E-state index contributed by atoms with van der Waals surface area (Å²) in [6.45, 7) is 12.1. The van der Waals surface area contributed by atoms with Crippen LogP contribution in [-0.2, 0) is 9.47 Å². The highest BCUT2D eigenvalue weighted by Gasteiger charge is 2.19. The normalized spacial score (nSPS) is 12.5. The van der Waals surface area contributed by atoms with Crippen molar-refractivity contribution in [3.8, 4) is 0 Å². The fourth-order valence-electron chi connectivity index (χ4n) is 0.742. The molecule has 0 amide bonds. The molecule has 0 saturated carbocycles. The molecule has 0 radical (unpaired) electrons. The predicted molar refractivity (Wildman–Crippen MR) is 59.7 cm³/mol. The molecule has 0 aliphatic carbocycles. The van der Waals surface area contributed by atoms with Crippen molar-refractivity contribution in [3.63, 3.8) is 0 Å². The van der Waals surface area contributed by atoms with Crippen molar-refractivity contribution in [1.29, 1.82) is 0 Å². The molecule has 0 unspecified atom stereocenters. The second-order valence-corrected chi connectivity index (χ2v) is 5.61. The average Bonchev–Trinajstić information content (AvgIpc) is 1.79. The third-order valence-electron chi connectivity index (χ3n) is 1.05. The van der Waals surface area contributed by atoms with Gasteiger partial charge in [0, 0.05) is 10.2 Å². The maximum Gasteiger partial charge on any atom is 0.270 e. The molecule has 3 heteroatoms. The molecule has 2 nitrogen and oxygen atoms in total. The second-order valence-electron chi connectivity index (χ2n) is 5.04. The summed E-state index contributed by atoms with van der Waals surface area (Å²) in [7, 11) is 0.947. The number of ether oxygens (including phenoxy) is 2. The first-order chi connectivity index (χ1) is 5.64. The Balaban J connectivity index is 4.24. The Morgan fingerprint density at radius 1 is 0.923 bits per heavy atom. The van der Waals surface area contributed by atoms with Crippen molar-refractivity contribution in [3.05, 3.63) is 11.6 Å². The average molecular weight is 202 g/mol. The van der Waals surface area contributed by atoms with Crippen LogP contribution >= 0.6 is 0 Å². The Hall–Kier alpha value is -0.443. The first kappa shape index (κ1) is 12.6. The number of hydrogen-bond acceptors (Lipinski definition) is 2. The molecule has 0 saturated heterocycles. The lowest BCUT2D eigenvalue weighted by molar-refractivity contribution is -0.0908. The van der Waals surface area contributed by atoms with Gasteiger partial charge >= 0.3 is 0 Å². The monoisotopic (exact) mass is 202 g/mol. The zero-order valence-electron chi connectivity index (χ0n) is 9.89. The van der Waals surface area contributed by atoms with Crippen molar-refractivity contribution in [2.24, 2.45) is 0 Å². The largest absolute Gasteiger partial charge is 0.460 e. The van der Waals surface area contributed by atoms with Crippen molar-refractivity contribution in [2.45, 2.75) is 52.7 Å². The Morgan fingerprint density at radius 3 is 1.38 bits per heavy atom. The molecule has 0 aromatic carbocycles. The van der Waals surface area contributed by atoms with Crippen LogP contribution in [0.4, 0.5) is 0 Å². The molecule has 0 spiro atoms. The smallest absolute Gasteiger partial charge is 0.270 e. The third kappa shape index (κ3) is 7.90. The summed E-state index contributed by atoms with van der Waals surface area (Å²) >= 11 is 0. The molecule has 0 rings (SSSR count). The van der Waals surface area contributed by atoms with Crippen LogP contribution < -0.4 is 0 Å². The quantitative estimate of drug-likeness (QED) is 0.502. The van der Waals surface area contributed by atoms with E-state index in [1.165, 1.54) is 0 Å². The van der Waals surface area contributed by atoms with Gasteiger partial charge in [-0.2, -0.15) is 0 Å².